The molecule has 110 valence electrons. The van der Waals surface area contributed by atoms with Gasteiger partial charge in [0.15, 0.2) is 0 Å². The molecule has 5 heteroatoms. The normalized spacial score (nSPS) is 18.9. The molecular formula is C15H22N2O2S. The number of thiophene rings is 1. The number of likely N-dealkylation sites (tertiary alicyclic amines) is 1. The molecular weight excluding hydrogens is 272 g/mol. The van der Waals surface area contributed by atoms with E-state index in [1.807, 2.05) is 30.3 Å². The average Bonchev–Trinajstić information content (AvgIpc) is 2.98. The fourth-order valence-corrected chi connectivity index (χ4v) is 3.33. The van der Waals surface area contributed by atoms with E-state index in [1.165, 1.54) is 5.56 Å². The number of hydrogen-bond donors (Lipinski definition) is 0. The van der Waals surface area contributed by atoms with Crippen molar-refractivity contribution in [3.8, 4) is 0 Å². The van der Waals surface area contributed by atoms with Gasteiger partial charge in [-0.2, -0.15) is 11.3 Å². The topological polar surface area (TPSA) is 40.6 Å². The SMILES string of the molecule is CCC(=O)N1CCC[C@@H](C(=O)N(C)Cc2ccsc2)C1. The standard InChI is InChI=1S/C15H22N2O2S/c1-3-14(18)17-7-4-5-13(10-17)15(19)16(2)9-12-6-8-20-11-12/h6,8,11,13H,3-5,7,9-10H2,1-2H3/t13-/m1/s1. The van der Waals surface area contributed by atoms with E-state index in [0.717, 1.165) is 19.4 Å². The van der Waals surface area contributed by atoms with Crippen LogP contribution in [0.3, 0.4) is 0 Å². The average molecular weight is 294 g/mol. The van der Waals surface area contributed by atoms with Gasteiger partial charge in [0.05, 0.1) is 5.92 Å². The molecule has 0 N–H and O–H groups in total. The molecule has 2 rings (SSSR count). The first-order valence-electron chi connectivity index (χ1n) is 7.15. The van der Waals surface area contributed by atoms with Crippen LogP contribution in [0.1, 0.15) is 31.7 Å². The predicted molar refractivity (Wildman–Crippen MR) is 80.4 cm³/mol. The van der Waals surface area contributed by atoms with E-state index >= 15 is 0 Å². The van der Waals surface area contributed by atoms with Crippen molar-refractivity contribution in [2.24, 2.45) is 5.92 Å². The van der Waals surface area contributed by atoms with Gasteiger partial charge in [-0.15, -0.1) is 0 Å². The molecule has 1 aliphatic rings. The summed E-state index contributed by atoms with van der Waals surface area (Å²) in [7, 11) is 1.85. The molecule has 20 heavy (non-hydrogen) atoms. The van der Waals surface area contributed by atoms with Crippen LogP contribution in [0.5, 0.6) is 0 Å². The van der Waals surface area contributed by atoms with Crippen LogP contribution in [0, 0.1) is 5.92 Å². The van der Waals surface area contributed by atoms with Gasteiger partial charge in [0.25, 0.3) is 0 Å². The summed E-state index contributed by atoms with van der Waals surface area (Å²) in [6, 6.07) is 2.04. The molecule has 1 saturated heterocycles. The monoisotopic (exact) mass is 294 g/mol. The number of hydrogen-bond acceptors (Lipinski definition) is 3. The first-order chi connectivity index (χ1) is 9.61. The molecule has 1 aromatic heterocycles. The van der Waals surface area contributed by atoms with Crippen molar-refractivity contribution in [2.75, 3.05) is 20.1 Å². The number of carbonyl (C=O) groups is 2. The van der Waals surface area contributed by atoms with Crippen molar-refractivity contribution < 1.29 is 9.59 Å². The van der Waals surface area contributed by atoms with Crippen LogP contribution >= 0.6 is 11.3 Å². The molecule has 1 aliphatic heterocycles. The lowest BCUT2D eigenvalue weighted by Gasteiger charge is -2.33. The van der Waals surface area contributed by atoms with E-state index in [0.29, 0.717) is 19.5 Å². The van der Waals surface area contributed by atoms with Crippen molar-refractivity contribution >= 4 is 23.2 Å². The minimum atomic E-state index is -0.0390. The van der Waals surface area contributed by atoms with Gasteiger partial charge in [-0.05, 0) is 35.2 Å². The van der Waals surface area contributed by atoms with E-state index in [2.05, 4.69) is 5.38 Å². The number of nitrogens with zero attached hydrogens (tertiary/aromatic N) is 2. The van der Waals surface area contributed by atoms with Crippen LogP contribution in [-0.2, 0) is 16.1 Å². The van der Waals surface area contributed by atoms with Crippen molar-refractivity contribution in [1.29, 1.82) is 0 Å². The molecule has 2 amide bonds. The van der Waals surface area contributed by atoms with E-state index in [-0.39, 0.29) is 17.7 Å². The summed E-state index contributed by atoms with van der Waals surface area (Å²) < 4.78 is 0. The Kier molecular flexibility index (Phi) is 5.17. The summed E-state index contributed by atoms with van der Waals surface area (Å²) in [5.41, 5.74) is 1.17. The van der Waals surface area contributed by atoms with Crippen LogP contribution in [0.15, 0.2) is 16.8 Å². The van der Waals surface area contributed by atoms with Crippen LogP contribution in [0.25, 0.3) is 0 Å². The summed E-state index contributed by atoms with van der Waals surface area (Å²) in [4.78, 5) is 27.9. The fraction of sp³-hybridized carbons (Fsp3) is 0.600. The van der Waals surface area contributed by atoms with Gasteiger partial charge in [-0.25, -0.2) is 0 Å². The summed E-state index contributed by atoms with van der Waals surface area (Å²) in [5, 5.41) is 4.09. The smallest absolute Gasteiger partial charge is 0.227 e. The maximum atomic E-state index is 12.5. The molecule has 2 heterocycles. The zero-order valence-corrected chi connectivity index (χ0v) is 13.0. The molecule has 4 nitrogen and oxygen atoms in total. The van der Waals surface area contributed by atoms with Gasteiger partial charge in [0.1, 0.15) is 0 Å². The summed E-state index contributed by atoms with van der Waals surface area (Å²) in [5.74, 6) is 0.274. The third kappa shape index (κ3) is 3.60. The van der Waals surface area contributed by atoms with Crippen LogP contribution in [0.4, 0.5) is 0 Å². The van der Waals surface area contributed by atoms with E-state index < -0.39 is 0 Å². The Morgan fingerprint density at radius 2 is 2.30 bits per heavy atom. The highest BCUT2D eigenvalue weighted by atomic mass is 32.1. The maximum Gasteiger partial charge on any atom is 0.227 e. The van der Waals surface area contributed by atoms with Gasteiger partial charge in [0, 0.05) is 33.1 Å². The highest BCUT2D eigenvalue weighted by Crippen LogP contribution is 2.20. The van der Waals surface area contributed by atoms with Gasteiger partial charge < -0.3 is 9.80 Å². The molecule has 1 aromatic rings. The maximum absolute atomic E-state index is 12.5. The molecule has 0 aromatic carbocycles. The zero-order valence-electron chi connectivity index (χ0n) is 12.2. The van der Waals surface area contributed by atoms with Crippen molar-refractivity contribution in [3.05, 3.63) is 22.4 Å². The van der Waals surface area contributed by atoms with Crippen LogP contribution < -0.4 is 0 Å². The Bertz CT molecular complexity index is 458. The number of carbonyl (C=O) groups excluding carboxylic acids is 2. The van der Waals surface area contributed by atoms with Crippen LogP contribution in [0.2, 0.25) is 0 Å². The van der Waals surface area contributed by atoms with Crippen molar-refractivity contribution in [1.82, 2.24) is 9.80 Å². The van der Waals surface area contributed by atoms with Gasteiger partial charge in [-0.3, -0.25) is 9.59 Å². The van der Waals surface area contributed by atoms with E-state index in [1.54, 1.807) is 16.2 Å². The third-order valence-corrected chi connectivity index (χ3v) is 4.53. The minimum absolute atomic E-state index is 0.0390. The van der Waals surface area contributed by atoms with Gasteiger partial charge in [-0.1, -0.05) is 6.92 Å². The van der Waals surface area contributed by atoms with E-state index in [9.17, 15) is 9.59 Å². The van der Waals surface area contributed by atoms with Crippen LogP contribution in [-0.4, -0.2) is 41.8 Å². The fourth-order valence-electron chi connectivity index (χ4n) is 2.67. The highest BCUT2D eigenvalue weighted by molar-refractivity contribution is 7.07. The minimum Gasteiger partial charge on any atom is -0.342 e. The quantitative estimate of drug-likeness (QED) is 0.855. The summed E-state index contributed by atoms with van der Waals surface area (Å²) in [6.45, 7) is 3.90. The van der Waals surface area contributed by atoms with Crippen molar-refractivity contribution in [2.45, 2.75) is 32.7 Å². The zero-order chi connectivity index (χ0) is 14.5. The number of amides is 2. The summed E-state index contributed by atoms with van der Waals surface area (Å²) in [6.07, 6.45) is 2.33. The lowest BCUT2D eigenvalue weighted by molar-refractivity contribution is -0.140. The van der Waals surface area contributed by atoms with E-state index in [4.69, 9.17) is 0 Å². The first-order valence-corrected chi connectivity index (χ1v) is 8.10. The first kappa shape index (κ1) is 15.0. The van der Waals surface area contributed by atoms with Crippen molar-refractivity contribution in [3.63, 3.8) is 0 Å². The molecule has 1 atom stereocenters. The Labute approximate surface area is 124 Å². The molecule has 0 unspecified atom stereocenters. The molecule has 0 spiro atoms. The largest absolute Gasteiger partial charge is 0.342 e. The Morgan fingerprint density at radius 3 is 2.95 bits per heavy atom. The number of rotatable bonds is 4. The lowest BCUT2D eigenvalue weighted by Crippen LogP contribution is -2.45. The second kappa shape index (κ2) is 6.88. The Hall–Kier alpha value is -1.36. The third-order valence-electron chi connectivity index (χ3n) is 3.80. The molecule has 0 saturated carbocycles. The second-order valence-electron chi connectivity index (χ2n) is 5.36. The molecule has 0 aliphatic carbocycles. The lowest BCUT2D eigenvalue weighted by atomic mass is 9.96. The molecule has 0 bridgehead atoms. The second-order valence-corrected chi connectivity index (χ2v) is 6.14. The Balaban J connectivity index is 1.92. The predicted octanol–water partition coefficient (Wildman–Crippen LogP) is 2.36. The summed E-state index contributed by atoms with van der Waals surface area (Å²) >= 11 is 1.65. The highest BCUT2D eigenvalue weighted by Gasteiger charge is 2.29. The van der Waals surface area contributed by atoms with Gasteiger partial charge >= 0.3 is 0 Å². The number of piperidine rings is 1. The van der Waals surface area contributed by atoms with Gasteiger partial charge in [0.2, 0.25) is 11.8 Å². The Morgan fingerprint density at radius 1 is 1.50 bits per heavy atom. The molecule has 1 fully saturated rings. The molecule has 0 radical (unpaired) electrons.